The second kappa shape index (κ2) is 11.1. The van der Waals surface area contributed by atoms with Crippen LogP contribution in [0.4, 0.5) is 0 Å². The number of carbonyl (C=O) groups is 1. The van der Waals surface area contributed by atoms with E-state index >= 15 is 0 Å². The molecule has 1 fully saturated rings. The minimum atomic E-state index is 0. The lowest BCUT2D eigenvalue weighted by Crippen LogP contribution is -2.42. The number of rotatable bonds is 9. The van der Waals surface area contributed by atoms with Gasteiger partial charge in [0.1, 0.15) is 0 Å². The molecule has 0 radical (unpaired) electrons. The van der Waals surface area contributed by atoms with Gasteiger partial charge in [-0.2, -0.15) is 0 Å². The second-order valence-electron chi connectivity index (χ2n) is 6.23. The van der Waals surface area contributed by atoms with Gasteiger partial charge in [0.15, 0.2) is 11.5 Å². The number of hydrogen-bond donors (Lipinski definition) is 1. The fraction of sp³-hybridized carbons (Fsp3) is 0.632. The van der Waals surface area contributed by atoms with E-state index in [9.17, 15) is 4.79 Å². The smallest absolute Gasteiger partial charge is 0.223 e. The highest BCUT2D eigenvalue weighted by Gasteiger charge is 2.26. The lowest BCUT2D eigenvalue weighted by molar-refractivity contribution is -0.133. The molecule has 7 heteroatoms. The molecule has 1 unspecified atom stereocenters. The van der Waals surface area contributed by atoms with E-state index in [0.29, 0.717) is 36.1 Å². The topological polar surface area (TPSA) is 60.0 Å². The summed E-state index contributed by atoms with van der Waals surface area (Å²) >= 11 is 0. The van der Waals surface area contributed by atoms with Crippen LogP contribution in [0.3, 0.4) is 0 Å². The van der Waals surface area contributed by atoms with Crippen molar-refractivity contribution in [2.24, 2.45) is 0 Å². The SMILES string of the molecule is CCCN(C(=O)CCc1ccc(OC)c(OC)c1OC)C1CCNC1.Cl. The predicted octanol–water partition coefficient (Wildman–Crippen LogP) is 2.67. The van der Waals surface area contributed by atoms with Gasteiger partial charge in [-0.25, -0.2) is 0 Å². The Kier molecular flexibility index (Phi) is 9.59. The van der Waals surface area contributed by atoms with Crippen molar-refractivity contribution in [3.63, 3.8) is 0 Å². The maximum atomic E-state index is 12.8. The molecule has 1 aromatic carbocycles. The fourth-order valence-electron chi connectivity index (χ4n) is 3.40. The van der Waals surface area contributed by atoms with Crippen molar-refractivity contribution in [3.8, 4) is 17.2 Å². The highest BCUT2D eigenvalue weighted by molar-refractivity contribution is 5.85. The molecular weight excluding hydrogens is 356 g/mol. The van der Waals surface area contributed by atoms with Gasteiger partial charge < -0.3 is 24.4 Å². The lowest BCUT2D eigenvalue weighted by Gasteiger charge is -2.28. The van der Waals surface area contributed by atoms with E-state index in [4.69, 9.17) is 14.2 Å². The summed E-state index contributed by atoms with van der Waals surface area (Å²) in [5, 5.41) is 3.34. The van der Waals surface area contributed by atoms with Gasteiger partial charge in [0, 0.05) is 25.6 Å². The molecule has 2 rings (SSSR count). The molecule has 6 nitrogen and oxygen atoms in total. The van der Waals surface area contributed by atoms with E-state index in [2.05, 4.69) is 12.2 Å². The molecule has 0 aromatic heterocycles. The number of amides is 1. The van der Waals surface area contributed by atoms with Crippen molar-refractivity contribution in [2.75, 3.05) is 41.0 Å². The Bertz CT molecular complexity index is 577. The fourth-order valence-corrected chi connectivity index (χ4v) is 3.40. The molecule has 1 amide bonds. The molecule has 0 aliphatic carbocycles. The summed E-state index contributed by atoms with van der Waals surface area (Å²) in [5.41, 5.74) is 0.953. The van der Waals surface area contributed by atoms with E-state index in [0.717, 1.165) is 38.0 Å². The Morgan fingerprint density at radius 1 is 1.19 bits per heavy atom. The Morgan fingerprint density at radius 3 is 2.46 bits per heavy atom. The lowest BCUT2D eigenvalue weighted by atomic mass is 10.1. The molecule has 1 aromatic rings. The number of carbonyl (C=O) groups excluding carboxylic acids is 1. The van der Waals surface area contributed by atoms with Gasteiger partial charge in [-0.3, -0.25) is 4.79 Å². The van der Waals surface area contributed by atoms with Crippen molar-refractivity contribution < 1.29 is 19.0 Å². The predicted molar refractivity (Wildman–Crippen MR) is 105 cm³/mol. The van der Waals surface area contributed by atoms with Crippen LogP contribution in [0.1, 0.15) is 31.7 Å². The number of nitrogens with one attached hydrogen (secondary N) is 1. The molecule has 26 heavy (non-hydrogen) atoms. The van der Waals surface area contributed by atoms with Crippen LogP contribution in [-0.2, 0) is 11.2 Å². The molecule has 1 aliphatic heterocycles. The van der Waals surface area contributed by atoms with E-state index < -0.39 is 0 Å². The van der Waals surface area contributed by atoms with E-state index in [-0.39, 0.29) is 18.3 Å². The molecule has 0 spiro atoms. The summed E-state index contributed by atoms with van der Waals surface area (Å²) in [6.07, 6.45) is 3.08. The molecule has 1 N–H and O–H groups in total. The third-order valence-electron chi connectivity index (χ3n) is 4.65. The van der Waals surface area contributed by atoms with Crippen LogP contribution >= 0.6 is 12.4 Å². The number of nitrogens with zero attached hydrogens (tertiary/aromatic N) is 1. The summed E-state index contributed by atoms with van der Waals surface area (Å²) in [6, 6.07) is 4.11. The second-order valence-corrected chi connectivity index (χ2v) is 6.23. The summed E-state index contributed by atoms with van der Waals surface area (Å²) < 4.78 is 16.2. The highest BCUT2D eigenvalue weighted by Crippen LogP contribution is 2.40. The Labute approximate surface area is 162 Å². The zero-order valence-electron chi connectivity index (χ0n) is 16.2. The van der Waals surface area contributed by atoms with E-state index in [1.165, 1.54) is 0 Å². The first-order valence-electron chi connectivity index (χ1n) is 8.94. The average Bonchev–Trinajstić information content (AvgIpc) is 3.17. The van der Waals surface area contributed by atoms with Gasteiger partial charge >= 0.3 is 0 Å². The average molecular weight is 387 g/mol. The first-order chi connectivity index (χ1) is 12.2. The number of aryl methyl sites for hydroxylation is 1. The van der Waals surface area contributed by atoms with Crippen LogP contribution in [0.15, 0.2) is 12.1 Å². The van der Waals surface area contributed by atoms with Gasteiger partial charge in [0.05, 0.1) is 21.3 Å². The largest absolute Gasteiger partial charge is 0.493 e. The van der Waals surface area contributed by atoms with Gasteiger partial charge in [0.25, 0.3) is 0 Å². The standard InChI is InChI=1S/C19H30N2O4.ClH/c1-5-12-21(15-10-11-20-13-15)17(22)9-7-14-6-8-16(23-2)19(25-4)18(14)24-3;/h6,8,15,20H,5,7,9-13H2,1-4H3;1H. The summed E-state index contributed by atoms with van der Waals surface area (Å²) in [5.74, 6) is 2.03. The molecule has 1 saturated heterocycles. The Hall–Kier alpha value is -1.66. The van der Waals surface area contributed by atoms with Crippen LogP contribution in [0.2, 0.25) is 0 Å². The zero-order chi connectivity index (χ0) is 18.2. The van der Waals surface area contributed by atoms with Crippen LogP contribution in [-0.4, -0.2) is 57.8 Å². The highest BCUT2D eigenvalue weighted by atomic mass is 35.5. The number of halogens is 1. The van der Waals surface area contributed by atoms with Gasteiger partial charge in [0.2, 0.25) is 11.7 Å². The monoisotopic (exact) mass is 386 g/mol. The summed E-state index contributed by atoms with van der Waals surface area (Å²) in [7, 11) is 4.79. The number of hydrogen-bond acceptors (Lipinski definition) is 5. The molecule has 1 atom stereocenters. The third-order valence-corrected chi connectivity index (χ3v) is 4.65. The Balaban J connectivity index is 0.00000338. The summed E-state index contributed by atoms with van der Waals surface area (Å²) in [6.45, 7) is 4.81. The third kappa shape index (κ3) is 5.17. The zero-order valence-corrected chi connectivity index (χ0v) is 17.0. The summed E-state index contributed by atoms with van der Waals surface area (Å²) in [4.78, 5) is 14.8. The van der Waals surface area contributed by atoms with Gasteiger partial charge in [-0.15, -0.1) is 12.4 Å². The van der Waals surface area contributed by atoms with Crippen LogP contribution in [0.25, 0.3) is 0 Å². The number of methoxy groups -OCH3 is 3. The Morgan fingerprint density at radius 2 is 1.92 bits per heavy atom. The van der Waals surface area contributed by atoms with Gasteiger partial charge in [-0.1, -0.05) is 13.0 Å². The minimum Gasteiger partial charge on any atom is -0.493 e. The molecule has 0 saturated carbocycles. The molecular formula is C19H31ClN2O4. The van der Waals surface area contributed by atoms with Crippen molar-refractivity contribution in [3.05, 3.63) is 17.7 Å². The quantitative estimate of drug-likeness (QED) is 0.707. The minimum absolute atomic E-state index is 0. The van der Waals surface area contributed by atoms with Crippen LogP contribution in [0, 0.1) is 0 Å². The normalized spacial score (nSPS) is 15.9. The molecule has 148 valence electrons. The van der Waals surface area contributed by atoms with E-state index in [1.54, 1.807) is 21.3 Å². The van der Waals surface area contributed by atoms with Crippen molar-refractivity contribution in [1.29, 1.82) is 0 Å². The van der Waals surface area contributed by atoms with Crippen molar-refractivity contribution in [1.82, 2.24) is 10.2 Å². The number of ether oxygens (including phenoxy) is 3. The first-order valence-corrected chi connectivity index (χ1v) is 8.94. The molecule has 1 aliphatic rings. The van der Waals surface area contributed by atoms with Gasteiger partial charge in [-0.05, 0) is 37.4 Å². The van der Waals surface area contributed by atoms with Crippen molar-refractivity contribution >= 4 is 18.3 Å². The number of benzene rings is 1. The first kappa shape index (κ1) is 22.4. The van der Waals surface area contributed by atoms with Crippen LogP contribution < -0.4 is 19.5 Å². The van der Waals surface area contributed by atoms with E-state index in [1.807, 2.05) is 17.0 Å². The molecule has 1 heterocycles. The maximum Gasteiger partial charge on any atom is 0.223 e. The maximum absolute atomic E-state index is 12.8. The van der Waals surface area contributed by atoms with Crippen LogP contribution in [0.5, 0.6) is 17.2 Å². The van der Waals surface area contributed by atoms with Crippen molar-refractivity contribution in [2.45, 2.75) is 38.6 Å². The molecule has 0 bridgehead atoms.